The van der Waals surface area contributed by atoms with Gasteiger partial charge in [0.25, 0.3) is 0 Å². The third kappa shape index (κ3) is 5.91. The first-order valence-electron chi connectivity index (χ1n) is 11.5. The van der Waals surface area contributed by atoms with Gasteiger partial charge >= 0.3 is 0 Å². The first-order valence-corrected chi connectivity index (χ1v) is 11.5. The monoisotopic (exact) mass is 423 g/mol. The standard InChI is InChI=1S/C25H33N3O3/c1-2-30-22-7-5-6-21(18-22)28-15-13-27(14-16-28)12-3-4-17-31-23-10-8-20-9-11-25(29)26-24(20)19-23/h5-8,10,18-19H,2-4,9,11-17H2,1H3,(H,26,29). The maximum atomic E-state index is 11.6. The zero-order valence-corrected chi connectivity index (χ0v) is 18.4. The van der Waals surface area contributed by atoms with Crippen LogP contribution in [0.2, 0.25) is 0 Å². The molecule has 1 N–H and O–H groups in total. The molecule has 1 fully saturated rings. The molecule has 2 aromatic rings. The van der Waals surface area contributed by atoms with Gasteiger partial charge in [-0.15, -0.1) is 0 Å². The van der Waals surface area contributed by atoms with Crippen molar-refractivity contribution in [2.24, 2.45) is 0 Å². The Hall–Kier alpha value is -2.73. The Morgan fingerprint density at radius 3 is 2.61 bits per heavy atom. The highest BCUT2D eigenvalue weighted by Crippen LogP contribution is 2.27. The molecule has 4 rings (SSSR count). The molecule has 0 aliphatic carbocycles. The molecule has 166 valence electrons. The Kier molecular flexibility index (Phi) is 7.30. The molecule has 2 heterocycles. The molecular weight excluding hydrogens is 390 g/mol. The smallest absolute Gasteiger partial charge is 0.224 e. The summed E-state index contributed by atoms with van der Waals surface area (Å²) in [6.45, 7) is 8.80. The third-order valence-corrected chi connectivity index (χ3v) is 5.98. The SMILES string of the molecule is CCOc1cccc(N2CCN(CCCCOc3ccc4c(c3)NC(=O)CC4)CC2)c1. The molecule has 0 saturated carbocycles. The fourth-order valence-corrected chi connectivity index (χ4v) is 4.23. The number of nitrogens with one attached hydrogen (secondary N) is 1. The van der Waals surface area contributed by atoms with E-state index in [1.54, 1.807) is 0 Å². The lowest BCUT2D eigenvalue weighted by Crippen LogP contribution is -2.46. The van der Waals surface area contributed by atoms with E-state index in [4.69, 9.17) is 9.47 Å². The molecule has 0 bridgehead atoms. The molecule has 0 unspecified atom stereocenters. The summed E-state index contributed by atoms with van der Waals surface area (Å²) < 4.78 is 11.5. The Labute approximate surface area is 185 Å². The molecule has 0 spiro atoms. The molecule has 1 saturated heterocycles. The highest BCUT2D eigenvalue weighted by Gasteiger charge is 2.17. The highest BCUT2D eigenvalue weighted by atomic mass is 16.5. The van der Waals surface area contributed by atoms with Gasteiger partial charge in [-0.1, -0.05) is 12.1 Å². The lowest BCUT2D eigenvalue weighted by Gasteiger charge is -2.36. The number of ether oxygens (including phenoxy) is 2. The average molecular weight is 424 g/mol. The largest absolute Gasteiger partial charge is 0.494 e. The second-order valence-corrected chi connectivity index (χ2v) is 8.18. The first-order chi connectivity index (χ1) is 15.2. The number of carbonyl (C=O) groups is 1. The van der Waals surface area contributed by atoms with E-state index >= 15 is 0 Å². The second-order valence-electron chi connectivity index (χ2n) is 8.18. The van der Waals surface area contributed by atoms with E-state index in [1.165, 1.54) is 11.3 Å². The average Bonchev–Trinajstić information content (AvgIpc) is 2.79. The fourth-order valence-electron chi connectivity index (χ4n) is 4.23. The molecular formula is C25H33N3O3. The van der Waals surface area contributed by atoms with Gasteiger partial charge in [0.05, 0.1) is 13.2 Å². The highest BCUT2D eigenvalue weighted by molar-refractivity contribution is 5.94. The van der Waals surface area contributed by atoms with E-state index in [-0.39, 0.29) is 5.91 Å². The van der Waals surface area contributed by atoms with Crippen molar-refractivity contribution in [2.75, 3.05) is 56.2 Å². The third-order valence-electron chi connectivity index (χ3n) is 5.98. The number of unbranched alkanes of at least 4 members (excludes halogenated alkanes) is 1. The van der Waals surface area contributed by atoms with Crippen molar-refractivity contribution in [1.82, 2.24) is 4.90 Å². The van der Waals surface area contributed by atoms with Gasteiger partial charge in [0.2, 0.25) is 5.91 Å². The van der Waals surface area contributed by atoms with Crippen LogP contribution in [-0.4, -0.2) is 56.7 Å². The summed E-state index contributed by atoms with van der Waals surface area (Å²) in [7, 11) is 0. The number of hydrogen-bond acceptors (Lipinski definition) is 5. The van der Waals surface area contributed by atoms with Crippen molar-refractivity contribution in [1.29, 1.82) is 0 Å². The topological polar surface area (TPSA) is 54.0 Å². The number of aryl methyl sites for hydroxylation is 1. The quantitative estimate of drug-likeness (QED) is 0.619. The molecule has 2 aliphatic heterocycles. The minimum absolute atomic E-state index is 0.0896. The maximum absolute atomic E-state index is 11.6. The van der Waals surface area contributed by atoms with Crippen LogP contribution in [-0.2, 0) is 11.2 Å². The summed E-state index contributed by atoms with van der Waals surface area (Å²) in [5.74, 6) is 1.87. The van der Waals surface area contributed by atoms with Gasteiger partial charge in [-0.3, -0.25) is 9.69 Å². The Morgan fingerprint density at radius 2 is 1.77 bits per heavy atom. The number of fused-ring (bicyclic) bond motifs is 1. The van der Waals surface area contributed by atoms with Gasteiger partial charge in [0, 0.05) is 56.1 Å². The number of piperazine rings is 1. The first kappa shape index (κ1) is 21.5. The number of benzene rings is 2. The van der Waals surface area contributed by atoms with E-state index in [1.807, 2.05) is 25.1 Å². The van der Waals surface area contributed by atoms with E-state index in [0.29, 0.717) is 19.6 Å². The normalized spacial score (nSPS) is 16.5. The van der Waals surface area contributed by atoms with Gasteiger partial charge in [0.1, 0.15) is 11.5 Å². The van der Waals surface area contributed by atoms with Crippen molar-refractivity contribution < 1.29 is 14.3 Å². The summed E-state index contributed by atoms with van der Waals surface area (Å²) in [6.07, 6.45) is 3.54. The van der Waals surface area contributed by atoms with Crippen LogP contribution in [0.4, 0.5) is 11.4 Å². The van der Waals surface area contributed by atoms with Crippen LogP contribution in [0.25, 0.3) is 0 Å². The minimum Gasteiger partial charge on any atom is -0.494 e. The lowest BCUT2D eigenvalue weighted by molar-refractivity contribution is -0.116. The Morgan fingerprint density at radius 1 is 0.935 bits per heavy atom. The number of amides is 1. The van der Waals surface area contributed by atoms with Gasteiger partial charge in [0.15, 0.2) is 0 Å². The van der Waals surface area contributed by atoms with E-state index in [9.17, 15) is 4.79 Å². The van der Waals surface area contributed by atoms with Crippen LogP contribution >= 0.6 is 0 Å². The molecule has 0 aromatic heterocycles. The zero-order valence-electron chi connectivity index (χ0n) is 18.4. The van der Waals surface area contributed by atoms with Gasteiger partial charge in [-0.05, 0) is 56.5 Å². The molecule has 0 radical (unpaired) electrons. The van der Waals surface area contributed by atoms with Crippen LogP contribution in [0.3, 0.4) is 0 Å². The number of hydrogen-bond donors (Lipinski definition) is 1. The van der Waals surface area contributed by atoms with Crippen LogP contribution < -0.4 is 19.7 Å². The lowest BCUT2D eigenvalue weighted by atomic mass is 10.0. The number of anilines is 2. The van der Waals surface area contributed by atoms with E-state index in [2.05, 4.69) is 39.4 Å². The summed E-state index contributed by atoms with van der Waals surface area (Å²) in [6, 6.07) is 14.4. The molecule has 6 nitrogen and oxygen atoms in total. The van der Waals surface area contributed by atoms with Crippen LogP contribution in [0.5, 0.6) is 11.5 Å². The summed E-state index contributed by atoms with van der Waals surface area (Å²) in [4.78, 5) is 16.5. The van der Waals surface area contributed by atoms with E-state index < -0.39 is 0 Å². The predicted octanol–water partition coefficient (Wildman–Crippen LogP) is 3.95. The molecule has 1 amide bonds. The number of carbonyl (C=O) groups excluding carboxylic acids is 1. The zero-order chi connectivity index (χ0) is 21.5. The van der Waals surface area contributed by atoms with Crippen molar-refractivity contribution in [2.45, 2.75) is 32.6 Å². The second kappa shape index (κ2) is 10.5. The minimum atomic E-state index is 0.0896. The maximum Gasteiger partial charge on any atom is 0.224 e. The molecule has 6 heteroatoms. The van der Waals surface area contributed by atoms with Gasteiger partial charge in [-0.2, -0.15) is 0 Å². The number of nitrogens with zero attached hydrogens (tertiary/aromatic N) is 2. The van der Waals surface area contributed by atoms with Gasteiger partial charge in [-0.25, -0.2) is 0 Å². The van der Waals surface area contributed by atoms with Crippen molar-refractivity contribution in [3.05, 3.63) is 48.0 Å². The molecule has 0 atom stereocenters. The van der Waals surface area contributed by atoms with Crippen molar-refractivity contribution in [3.8, 4) is 11.5 Å². The van der Waals surface area contributed by atoms with Crippen LogP contribution in [0.1, 0.15) is 31.7 Å². The summed E-state index contributed by atoms with van der Waals surface area (Å²) >= 11 is 0. The Bertz CT molecular complexity index is 878. The molecule has 31 heavy (non-hydrogen) atoms. The van der Waals surface area contributed by atoms with Crippen molar-refractivity contribution in [3.63, 3.8) is 0 Å². The van der Waals surface area contributed by atoms with E-state index in [0.717, 1.165) is 69.2 Å². The van der Waals surface area contributed by atoms with Crippen molar-refractivity contribution >= 4 is 17.3 Å². The van der Waals surface area contributed by atoms with Gasteiger partial charge < -0.3 is 19.7 Å². The summed E-state index contributed by atoms with van der Waals surface area (Å²) in [5.41, 5.74) is 3.34. The predicted molar refractivity (Wildman–Crippen MR) is 124 cm³/mol. The Balaban J connectivity index is 1.14. The number of rotatable bonds is 9. The fraction of sp³-hybridized carbons (Fsp3) is 0.480. The molecule has 2 aromatic carbocycles. The van der Waals surface area contributed by atoms with Crippen LogP contribution in [0.15, 0.2) is 42.5 Å². The molecule has 2 aliphatic rings. The summed E-state index contributed by atoms with van der Waals surface area (Å²) in [5, 5.41) is 2.93. The van der Waals surface area contributed by atoms with Crippen LogP contribution in [0, 0.1) is 0 Å².